The van der Waals surface area contributed by atoms with E-state index in [1.54, 1.807) is 0 Å². The highest BCUT2D eigenvalue weighted by molar-refractivity contribution is 5.94. The first-order valence-corrected chi connectivity index (χ1v) is 9.50. The van der Waals surface area contributed by atoms with Gasteiger partial charge in [-0.25, -0.2) is 22.0 Å². The number of aliphatic hydroxyl groups is 1. The van der Waals surface area contributed by atoms with Crippen molar-refractivity contribution in [2.75, 3.05) is 6.54 Å². The zero-order valence-corrected chi connectivity index (χ0v) is 16.7. The Bertz CT molecular complexity index is 1160. The molecule has 0 aliphatic rings. The molecule has 33 heavy (non-hydrogen) atoms. The number of alkyl halides is 5. The highest BCUT2D eigenvalue weighted by Crippen LogP contribution is 2.27. The summed E-state index contributed by atoms with van der Waals surface area (Å²) in [5.74, 6) is -1.04. The van der Waals surface area contributed by atoms with Crippen LogP contribution in [0.3, 0.4) is 0 Å². The topological polar surface area (TPSA) is 97.1 Å². The van der Waals surface area contributed by atoms with Crippen LogP contribution in [0.15, 0.2) is 59.7 Å². The van der Waals surface area contributed by atoms with Crippen LogP contribution in [0.5, 0.6) is 0 Å². The molecule has 3 rings (SSSR count). The normalized spacial score (nSPS) is 13.2. The van der Waals surface area contributed by atoms with Crippen molar-refractivity contribution in [2.45, 2.75) is 25.1 Å². The van der Waals surface area contributed by atoms with Crippen molar-refractivity contribution >= 4 is 5.91 Å². The molecular weight excluding hydrogens is 451 g/mol. The van der Waals surface area contributed by atoms with Gasteiger partial charge in [0.2, 0.25) is 0 Å². The lowest BCUT2D eigenvalue weighted by Gasteiger charge is -2.13. The summed E-state index contributed by atoms with van der Waals surface area (Å²) in [5.41, 5.74) is -1.16. The summed E-state index contributed by atoms with van der Waals surface area (Å²) in [4.78, 5) is 29.3. The van der Waals surface area contributed by atoms with Crippen molar-refractivity contribution in [3.63, 3.8) is 0 Å². The Morgan fingerprint density at radius 1 is 1.06 bits per heavy atom. The molecule has 2 unspecified atom stereocenters. The maximum Gasteiger partial charge on any atom is 0.284 e. The van der Waals surface area contributed by atoms with Gasteiger partial charge >= 0.3 is 0 Å². The lowest BCUT2D eigenvalue weighted by atomic mass is 10.0. The van der Waals surface area contributed by atoms with E-state index in [0.717, 1.165) is 22.9 Å². The summed E-state index contributed by atoms with van der Waals surface area (Å²) in [7, 11) is 0. The van der Waals surface area contributed by atoms with E-state index >= 15 is 0 Å². The monoisotopic (exact) mass is 468 g/mol. The third-order valence-electron chi connectivity index (χ3n) is 4.56. The van der Waals surface area contributed by atoms with Gasteiger partial charge < -0.3 is 10.4 Å². The number of nitrogens with zero attached hydrogens (tertiary/aromatic N) is 3. The average Bonchev–Trinajstić information content (AvgIpc) is 2.82. The smallest absolute Gasteiger partial charge is 0.284 e. The van der Waals surface area contributed by atoms with E-state index in [4.69, 9.17) is 0 Å². The molecule has 0 aliphatic heterocycles. The molecule has 2 atom stereocenters. The number of carbonyl (C=O) groups is 1. The van der Waals surface area contributed by atoms with Crippen molar-refractivity contribution in [3.05, 3.63) is 76.3 Å². The zero-order chi connectivity index (χ0) is 24.1. The molecule has 3 aromatic rings. The number of benzene rings is 1. The SMILES string of the molecule is O=C(NCC(O)C(F)F)c1cc(-c2ccc(C(F)C(F)F)cc2)nn(-c2cccnc2)c1=O. The maximum absolute atomic E-state index is 13.6. The van der Waals surface area contributed by atoms with Gasteiger partial charge in [0.15, 0.2) is 6.17 Å². The molecule has 12 heteroatoms. The first-order valence-electron chi connectivity index (χ1n) is 9.50. The van der Waals surface area contributed by atoms with Crippen LogP contribution in [0.25, 0.3) is 16.9 Å². The predicted molar refractivity (Wildman–Crippen MR) is 107 cm³/mol. The third-order valence-corrected chi connectivity index (χ3v) is 4.56. The molecule has 1 aromatic carbocycles. The fourth-order valence-electron chi connectivity index (χ4n) is 2.82. The molecule has 0 bridgehead atoms. The minimum Gasteiger partial charge on any atom is -0.385 e. The highest BCUT2D eigenvalue weighted by Gasteiger charge is 2.23. The van der Waals surface area contributed by atoms with E-state index in [-0.39, 0.29) is 22.5 Å². The first kappa shape index (κ1) is 24.0. The number of halogens is 5. The first-order chi connectivity index (χ1) is 15.7. The van der Waals surface area contributed by atoms with Crippen LogP contribution >= 0.6 is 0 Å². The van der Waals surface area contributed by atoms with Crippen molar-refractivity contribution in [2.24, 2.45) is 0 Å². The largest absolute Gasteiger partial charge is 0.385 e. The van der Waals surface area contributed by atoms with Crippen LogP contribution in [-0.2, 0) is 0 Å². The Morgan fingerprint density at radius 2 is 1.76 bits per heavy atom. The lowest BCUT2D eigenvalue weighted by molar-refractivity contribution is -0.00271. The van der Waals surface area contributed by atoms with Gasteiger partial charge in [-0.2, -0.15) is 9.78 Å². The molecule has 0 radical (unpaired) electrons. The van der Waals surface area contributed by atoms with Crippen LogP contribution in [0.1, 0.15) is 22.1 Å². The zero-order valence-electron chi connectivity index (χ0n) is 16.7. The summed E-state index contributed by atoms with van der Waals surface area (Å²) in [6, 6.07) is 8.87. The molecule has 0 aliphatic carbocycles. The van der Waals surface area contributed by atoms with Gasteiger partial charge in [-0.1, -0.05) is 24.3 Å². The minimum atomic E-state index is -3.21. The quantitative estimate of drug-likeness (QED) is 0.496. The summed E-state index contributed by atoms with van der Waals surface area (Å²) >= 11 is 0. The molecule has 1 amide bonds. The fraction of sp³-hybridized carbons (Fsp3) is 0.238. The second-order valence-electron chi connectivity index (χ2n) is 6.84. The average molecular weight is 468 g/mol. The van der Waals surface area contributed by atoms with Gasteiger partial charge in [0.05, 0.1) is 17.6 Å². The minimum absolute atomic E-state index is 0.0389. The number of hydrogen-bond acceptors (Lipinski definition) is 5. The second kappa shape index (κ2) is 10.3. The van der Waals surface area contributed by atoms with Gasteiger partial charge in [0, 0.05) is 18.3 Å². The standard InChI is InChI=1S/C21H17F5N4O3/c22-17(19(25)26)12-5-3-11(4-6-12)15-8-14(20(32)28-10-16(31)18(23)24)21(33)30(29-15)13-2-1-7-27-9-13/h1-9,16-19,31H,10H2,(H,28,32). The van der Waals surface area contributed by atoms with Crippen molar-refractivity contribution in [1.29, 1.82) is 0 Å². The molecule has 0 fully saturated rings. The Morgan fingerprint density at radius 3 is 2.33 bits per heavy atom. The van der Waals surface area contributed by atoms with Crippen molar-refractivity contribution in [3.8, 4) is 16.9 Å². The number of nitrogens with one attached hydrogen (secondary N) is 1. The molecule has 0 spiro atoms. The van der Waals surface area contributed by atoms with E-state index in [2.05, 4.69) is 15.4 Å². The van der Waals surface area contributed by atoms with Crippen molar-refractivity contribution in [1.82, 2.24) is 20.1 Å². The molecule has 0 saturated heterocycles. The van der Waals surface area contributed by atoms with Gasteiger partial charge in [0.1, 0.15) is 11.7 Å². The molecular formula is C21H17F5N4O3. The molecule has 174 valence electrons. The van der Waals surface area contributed by atoms with E-state index in [1.807, 2.05) is 0 Å². The number of rotatable bonds is 8. The van der Waals surface area contributed by atoms with Crippen molar-refractivity contribution < 1.29 is 31.9 Å². The van der Waals surface area contributed by atoms with Gasteiger partial charge in [-0.3, -0.25) is 14.6 Å². The van der Waals surface area contributed by atoms with Gasteiger partial charge in [0.25, 0.3) is 24.3 Å². The van der Waals surface area contributed by atoms with Crippen LogP contribution in [0, 0.1) is 0 Å². The Labute approximate surface area is 183 Å². The summed E-state index contributed by atoms with van der Waals surface area (Å²) < 4.78 is 64.6. The second-order valence-corrected chi connectivity index (χ2v) is 6.84. The number of carbonyl (C=O) groups excluding carboxylic acids is 1. The van der Waals surface area contributed by atoms with E-state index in [9.17, 15) is 36.6 Å². The van der Waals surface area contributed by atoms with Crippen LogP contribution in [-0.4, -0.2) is 51.3 Å². The lowest BCUT2D eigenvalue weighted by Crippen LogP contribution is -2.39. The molecule has 2 heterocycles. The summed E-state index contributed by atoms with van der Waals surface area (Å²) in [6.45, 7) is -0.805. The van der Waals surface area contributed by atoms with Gasteiger partial charge in [-0.15, -0.1) is 0 Å². The maximum atomic E-state index is 13.6. The van der Waals surface area contributed by atoms with E-state index < -0.39 is 48.7 Å². The Hall–Kier alpha value is -3.67. The number of amides is 1. The van der Waals surface area contributed by atoms with Gasteiger partial charge in [-0.05, 0) is 23.8 Å². The summed E-state index contributed by atoms with van der Waals surface area (Å²) in [5, 5.41) is 15.4. The molecule has 0 saturated carbocycles. The Kier molecular flexibility index (Phi) is 7.48. The number of hydrogen-bond donors (Lipinski definition) is 2. The summed E-state index contributed by atoms with van der Waals surface area (Å²) in [6.07, 6.45) is -8.20. The number of aromatic nitrogens is 3. The third kappa shape index (κ3) is 5.58. The number of pyridine rings is 1. The molecule has 7 nitrogen and oxygen atoms in total. The van der Waals surface area contributed by atoms with E-state index in [1.165, 1.54) is 36.7 Å². The van der Waals surface area contributed by atoms with Crippen LogP contribution < -0.4 is 10.9 Å². The van der Waals surface area contributed by atoms with Crippen LogP contribution in [0.4, 0.5) is 22.0 Å². The predicted octanol–water partition coefficient (Wildman–Crippen LogP) is 2.93. The van der Waals surface area contributed by atoms with E-state index in [0.29, 0.717) is 0 Å². The fourth-order valence-corrected chi connectivity index (χ4v) is 2.82. The Balaban J connectivity index is 2.04. The molecule has 2 aromatic heterocycles. The number of aliphatic hydroxyl groups excluding tert-OH is 1. The van der Waals surface area contributed by atoms with Crippen LogP contribution in [0.2, 0.25) is 0 Å². The highest BCUT2D eigenvalue weighted by atomic mass is 19.3. The molecule has 2 N–H and O–H groups in total.